The minimum Gasteiger partial charge on any atom is -0.501 e. The zero-order chi connectivity index (χ0) is 13.2. The Labute approximate surface area is 114 Å². The monoisotopic (exact) mass is 278 g/mol. The SMILES string of the molecule is NNC(C1=COCCC1)c1cc2cc(F)ccc2s1. The molecule has 0 saturated carbocycles. The normalized spacial score (nSPS) is 17.1. The average molecular weight is 278 g/mol. The predicted octanol–water partition coefficient (Wildman–Crippen LogP) is 3.24. The van der Waals surface area contributed by atoms with E-state index in [0.717, 1.165) is 40.0 Å². The summed E-state index contributed by atoms with van der Waals surface area (Å²) in [4.78, 5) is 1.08. The molecule has 0 radical (unpaired) electrons. The number of rotatable bonds is 3. The van der Waals surface area contributed by atoms with Crippen LogP contribution in [-0.4, -0.2) is 6.61 Å². The molecule has 3 N–H and O–H groups in total. The van der Waals surface area contributed by atoms with Crippen molar-refractivity contribution < 1.29 is 9.13 Å². The van der Waals surface area contributed by atoms with E-state index in [-0.39, 0.29) is 11.9 Å². The molecule has 3 rings (SSSR count). The Morgan fingerprint density at radius 1 is 1.37 bits per heavy atom. The molecule has 1 atom stereocenters. The average Bonchev–Trinajstić information content (AvgIpc) is 2.83. The number of benzene rings is 1. The maximum atomic E-state index is 13.2. The van der Waals surface area contributed by atoms with Gasteiger partial charge in [-0.1, -0.05) is 0 Å². The second-order valence-corrected chi connectivity index (χ2v) is 5.71. The van der Waals surface area contributed by atoms with Crippen LogP contribution in [0.3, 0.4) is 0 Å². The van der Waals surface area contributed by atoms with Crippen molar-refractivity contribution in [2.24, 2.45) is 5.84 Å². The Balaban J connectivity index is 1.98. The Bertz CT molecular complexity index is 623. The molecule has 100 valence electrons. The summed E-state index contributed by atoms with van der Waals surface area (Å²) >= 11 is 1.63. The fourth-order valence-corrected chi connectivity index (χ4v) is 3.49. The lowest BCUT2D eigenvalue weighted by Crippen LogP contribution is -2.29. The number of hydrogen-bond donors (Lipinski definition) is 2. The molecule has 2 aromatic rings. The van der Waals surface area contributed by atoms with Crippen LogP contribution in [0.5, 0.6) is 0 Å². The lowest BCUT2D eigenvalue weighted by atomic mass is 10.0. The van der Waals surface area contributed by atoms with Crippen LogP contribution in [0.25, 0.3) is 10.1 Å². The second kappa shape index (κ2) is 5.28. The number of halogens is 1. The molecule has 5 heteroatoms. The molecular formula is C14H15FN2OS. The molecule has 1 aliphatic heterocycles. The predicted molar refractivity (Wildman–Crippen MR) is 75.1 cm³/mol. The summed E-state index contributed by atoms with van der Waals surface area (Å²) in [5, 5.41) is 0.914. The first kappa shape index (κ1) is 12.6. The third-order valence-electron chi connectivity index (χ3n) is 3.28. The second-order valence-electron chi connectivity index (χ2n) is 4.60. The summed E-state index contributed by atoms with van der Waals surface area (Å²) < 4.78 is 19.6. The van der Waals surface area contributed by atoms with Gasteiger partial charge in [0.1, 0.15) is 5.82 Å². The van der Waals surface area contributed by atoms with Gasteiger partial charge in [-0.2, -0.15) is 0 Å². The van der Waals surface area contributed by atoms with Crippen molar-refractivity contribution in [3.8, 4) is 0 Å². The minimum absolute atomic E-state index is 0.0549. The summed E-state index contributed by atoms with van der Waals surface area (Å²) in [5.41, 5.74) is 3.97. The van der Waals surface area contributed by atoms with Crippen molar-refractivity contribution in [3.63, 3.8) is 0 Å². The molecule has 0 spiro atoms. The highest BCUT2D eigenvalue weighted by atomic mass is 32.1. The van der Waals surface area contributed by atoms with Gasteiger partial charge in [-0.25, -0.2) is 9.82 Å². The zero-order valence-electron chi connectivity index (χ0n) is 10.4. The number of hydrogen-bond acceptors (Lipinski definition) is 4. The highest BCUT2D eigenvalue weighted by molar-refractivity contribution is 7.19. The lowest BCUT2D eigenvalue weighted by Gasteiger charge is -2.21. The lowest BCUT2D eigenvalue weighted by molar-refractivity contribution is 0.219. The molecule has 19 heavy (non-hydrogen) atoms. The van der Waals surface area contributed by atoms with E-state index in [2.05, 4.69) is 5.43 Å². The van der Waals surface area contributed by atoms with Crippen LogP contribution >= 0.6 is 11.3 Å². The van der Waals surface area contributed by atoms with Crippen molar-refractivity contribution >= 4 is 21.4 Å². The number of thiophene rings is 1. The van der Waals surface area contributed by atoms with Crippen molar-refractivity contribution in [1.82, 2.24) is 5.43 Å². The highest BCUT2D eigenvalue weighted by Crippen LogP contribution is 2.35. The summed E-state index contributed by atoms with van der Waals surface area (Å²) in [7, 11) is 0. The van der Waals surface area contributed by atoms with Crippen LogP contribution in [-0.2, 0) is 4.74 Å². The first-order valence-corrected chi connectivity index (χ1v) is 7.05. The van der Waals surface area contributed by atoms with Gasteiger partial charge in [-0.3, -0.25) is 5.84 Å². The molecule has 2 heterocycles. The molecule has 1 aromatic heterocycles. The summed E-state index contributed by atoms with van der Waals surface area (Å²) in [6.45, 7) is 0.762. The summed E-state index contributed by atoms with van der Waals surface area (Å²) in [6.07, 6.45) is 3.76. The third kappa shape index (κ3) is 2.49. The van der Waals surface area contributed by atoms with E-state index in [1.54, 1.807) is 29.7 Å². The van der Waals surface area contributed by atoms with Gasteiger partial charge in [0, 0.05) is 9.58 Å². The first-order valence-electron chi connectivity index (χ1n) is 6.23. The maximum Gasteiger partial charge on any atom is 0.123 e. The van der Waals surface area contributed by atoms with Gasteiger partial charge < -0.3 is 4.74 Å². The van der Waals surface area contributed by atoms with E-state index in [1.165, 1.54) is 6.07 Å². The van der Waals surface area contributed by atoms with Crippen LogP contribution in [0.2, 0.25) is 0 Å². The van der Waals surface area contributed by atoms with Gasteiger partial charge >= 0.3 is 0 Å². The minimum atomic E-state index is -0.214. The van der Waals surface area contributed by atoms with E-state index in [9.17, 15) is 4.39 Å². The van der Waals surface area contributed by atoms with Crippen LogP contribution < -0.4 is 11.3 Å². The van der Waals surface area contributed by atoms with Crippen LogP contribution in [0.1, 0.15) is 23.8 Å². The number of nitrogens with two attached hydrogens (primary N) is 1. The van der Waals surface area contributed by atoms with Gasteiger partial charge in [-0.05, 0) is 48.1 Å². The molecule has 0 saturated heterocycles. The van der Waals surface area contributed by atoms with E-state index in [0.29, 0.717) is 0 Å². The largest absolute Gasteiger partial charge is 0.501 e. The highest BCUT2D eigenvalue weighted by Gasteiger charge is 2.20. The Morgan fingerprint density at radius 2 is 2.26 bits per heavy atom. The smallest absolute Gasteiger partial charge is 0.123 e. The number of fused-ring (bicyclic) bond motifs is 1. The topological polar surface area (TPSA) is 47.3 Å². The van der Waals surface area contributed by atoms with E-state index in [4.69, 9.17) is 10.6 Å². The summed E-state index contributed by atoms with van der Waals surface area (Å²) in [5.74, 6) is 5.46. The van der Waals surface area contributed by atoms with E-state index >= 15 is 0 Å². The first-order chi connectivity index (χ1) is 9.28. The van der Waals surface area contributed by atoms with Crippen LogP contribution in [0.15, 0.2) is 36.1 Å². The van der Waals surface area contributed by atoms with Crippen molar-refractivity contribution in [1.29, 1.82) is 0 Å². The molecule has 1 aliphatic rings. The van der Waals surface area contributed by atoms with Gasteiger partial charge in [-0.15, -0.1) is 11.3 Å². The molecule has 3 nitrogen and oxygen atoms in total. The zero-order valence-corrected chi connectivity index (χ0v) is 11.2. The van der Waals surface area contributed by atoms with Gasteiger partial charge in [0.2, 0.25) is 0 Å². The molecule has 0 aliphatic carbocycles. The van der Waals surface area contributed by atoms with Crippen LogP contribution in [0, 0.1) is 5.82 Å². The third-order valence-corrected chi connectivity index (χ3v) is 4.46. The van der Waals surface area contributed by atoms with Gasteiger partial charge in [0.05, 0.1) is 18.9 Å². The standard InChI is InChI=1S/C14H15FN2OS/c15-11-3-4-12-10(6-11)7-13(19-12)14(17-16)9-2-1-5-18-8-9/h3-4,6-8,14,17H,1-2,5,16H2. The Kier molecular flexibility index (Phi) is 3.50. The molecular weight excluding hydrogens is 263 g/mol. The molecule has 1 aromatic carbocycles. The Morgan fingerprint density at radius 3 is 3.00 bits per heavy atom. The molecule has 0 amide bonds. The maximum absolute atomic E-state index is 13.2. The van der Waals surface area contributed by atoms with Gasteiger partial charge in [0.25, 0.3) is 0 Å². The molecule has 0 fully saturated rings. The fraction of sp³-hybridized carbons (Fsp3) is 0.286. The fourth-order valence-electron chi connectivity index (χ4n) is 2.35. The van der Waals surface area contributed by atoms with E-state index < -0.39 is 0 Å². The number of hydrazine groups is 1. The molecule has 0 bridgehead atoms. The summed E-state index contributed by atoms with van der Waals surface area (Å²) in [6, 6.07) is 6.77. The van der Waals surface area contributed by atoms with E-state index in [1.807, 2.05) is 6.07 Å². The quantitative estimate of drug-likeness (QED) is 0.669. The Hall–Kier alpha value is -1.43. The van der Waals surface area contributed by atoms with Crippen molar-refractivity contribution in [3.05, 3.63) is 46.8 Å². The number of ether oxygens (including phenoxy) is 1. The van der Waals surface area contributed by atoms with Gasteiger partial charge in [0.15, 0.2) is 0 Å². The van der Waals surface area contributed by atoms with Crippen molar-refractivity contribution in [2.75, 3.05) is 6.61 Å². The number of nitrogens with one attached hydrogen (secondary N) is 1. The van der Waals surface area contributed by atoms with Crippen molar-refractivity contribution in [2.45, 2.75) is 18.9 Å². The van der Waals surface area contributed by atoms with Crippen LogP contribution in [0.4, 0.5) is 4.39 Å². The molecule has 1 unspecified atom stereocenters.